The maximum absolute atomic E-state index is 12.4. The molecule has 5 nitrogen and oxygen atoms in total. The van der Waals surface area contributed by atoms with E-state index in [2.05, 4.69) is 4.72 Å². The lowest BCUT2D eigenvalue weighted by Crippen LogP contribution is -2.36. The minimum absolute atomic E-state index is 0.196. The van der Waals surface area contributed by atoms with Gasteiger partial charge >= 0.3 is 5.97 Å². The Morgan fingerprint density at radius 1 is 1.33 bits per heavy atom. The largest absolute Gasteiger partial charge is 0.481 e. The van der Waals surface area contributed by atoms with Crippen LogP contribution in [0.5, 0.6) is 0 Å². The molecule has 0 amide bonds. The number of nitrogens with one attached hydrogen (secondary N) is 1. The molecule has 1 aliphatic rings. The van der Waals surface area contributed by atoms with E-state index in [-0.39, 0.29) is 11.3 Å². The smallest absolute Gasteiger partial charge is 0.304 e. The summed E-state index contributed by atoms with van der Waals surface area (Å²) in [6.07, 6.45) is 4.01. The van der Waals surface area contributed by atoms with E-state index in [4.69, 9.17) is 5.11 Å². The zero-order valence-corrected chi connectivity index (χ0v) is 12.9. The highest BCUT2D eigenvalue weighted by molar-refractivity contribution is 7.89. The summed E-state index contributed by atoms with van der Waals surface area (Å²) in [4.78, 5) is 11.1. The minimum atomic E-state index is -3.66. The molecule has 2 rings (SSSR count). The molecular weight excluding hydrogens is 290 g/mol. The molecule has 0 radical (unpaired) electrons. The van der Waals surface area contributed by atoms with E-state index in [0.29, 0.717) is 6.42 Å². The van der Waals surface area contributed by atoms with Crippen LogP contribution >= 0.6 is 0 Å². The highest BCUT2D eigenvalue weighted by Gasteiger charge is 2.23. The Balaban J connectivity index is 2.18. The quantitative estimate of drug-likeness (QED) is 0.807. The van der Waals surface area contributed by atoms with Gasteiger partial charge in [-0.25, -0.2) is 13.1 Å². The first kappa shape index (κ1) is 16.0. The number of fused-ring (bicyclic) bond motifs is 1. The molecule has 0 heterocycles. The number of carbonyl (C=O) groups is 1. The van der Waals surface area contributed by atoms with Gasteiger partial charge < -0.3 is 5.11 Å². The molecule has 116 valence electrons. The van der Waals surface area contributed by atoms with Crippen molar-refractivity contribution < 1.29 is 18.3 Å². The fourth-order valence-corrected chi connectivity index (χ4v) is 4.09. The fourth-order valence-electron chi connectivity index (χ4n) is 2.76. The number of rotatable bonds is 7. The van der Waals surface area contributed by atoms with Crippen molar-refractivity contribution in [1.82, 2.24) is 4.72 Å². The summed E-state index contributed by atoms with van der Waals surface area (Å²) in [6, 6.07) is 4.62. The number of carboxylic acids is 1. The Hall–Kier alpha value is -1.40. The molecule has 2 N–H and O–H groups in total. The van der Waals surface area contributed by atoms with Crippen LogP contribution in [0.3, 0.4) is 0 Å². The molecule has 0 spiro atoms. The van der Waals surface area contributed by atoms with Crippen molar-refractivity contribution in [3.05, 3.63) is 29.3 Å². The Labute approximate surface area is 125 Å². The van der Waals surface area contributed by atoms with Crippen LogP contribution < -0.4 is 4.72 Å². The molecule has 0 bridgehead atoms. The SMILES string of the molecule is CCCC(CC(=O)O)NS(=O)(=O)c1ccc2c(c1)CCC2. The van der Waals surface area contributed by atoms with Crippen LogP contribution in [0.1, 0.15) is 43.7 Å². The second-order valence-electron chi connectivity index (χ2n) is 5.49. The standard InChI is InChI=1S/C15H21NO4S/c1-2-4-13(10-15(17)18)16-21(19,20)14-8-7-11-5-3-6-12(11)9-14/h7-9,13,16H,2-6,10H2,1H3,(H,17,18). The Kier molecular flexibility index (Phi) is 5.00. The summed E-state index contributed by atoms with van der Waals surface area (Å²) in [6.45, 7) is 1.90. The van der Waals surface area contributed by atoms with Gasteiger partial charge in [0.05, 0.1) is 11.3 Å². The summed E-state index contributed by atoms with van der Waals surface area (Å²) < 4.78 is 27.3. The number of benzene rings is 1. The molecule has 0 saturated carbocycles. The molecule has 0 aromatic heterocycles. The van der Waals surface area contributed by atoms with Crippen LogP contribution in [0.25, 0.3) is 0 Å². The van der Waals surface area contributed by atoms with Gasteiger partial charge in [0.15, 0.2) is 0 Å². The Morgan fingerprint density at radius 3 is 2.71 bits per heavy atom. The summed E-state index contributed by atoms with van der Waals surface area (Å²) in [5.74, 6) is -0.995. The zero-order valence-electron chi connectivity index (χ0n) is 12.1. The molecule has 1 atom stereocenters. The fraction of sp³-hybridized carbons (Fsp3) is 0.533. The lowest BCUT2D eigenvalue weighted by molar-refractivity contribution is -0.137. The highest BCUT2D eigenvalue weighted by atomic mass is 32.2. The maximum atomic E-state index is 12.4. The van der Waals surface area contributed by atoms with Crippen LogP contribution in [0, 0.1) is 0 Å². The molecule has 21 heavy (non-hydrogen) atoms. The van der Waals surface area contributed by atoms with Crippen molar-refractivity contribution in [1.29, 1.82) is 0 Å². The molecule has 0 saturated heterocycles. The van der Waals surface area contributed by atoms with Gasteiger partial charge in [-0.1, -0.05) is 19.4 Å². The number of carboxylic acid groups (broad SMARTS) is 1. The van der Waals surface area contributed by atoms with Gasteiger partial charge in [-0.3, -0.25) is 4.79 Å². The number of aliphatic carboxylic acids is 1. The van der Waals surface area contributed by atoms with Crippen molar-refractivity contribution in [2.24, 2.45) is 0 Å². The molecule has 1 unspecified atom stereocenters. The van der Waals surface area contributed by atoms with Gasteiger partial charge in [0.25, 0.3) is 0 Å². The Bertz CT molecular complexity index is 625. The molecule has 1 aromatic rings. The minimum Gasteiger partial charge on any atom is -0.481 e. The number of hydrogen-bond acceptors (Lipinski definition) is 3. The summed E-state index contributed by atoms with van der Waals surface area (Å²) in [5.41, 5.74) is 2.30. The van der Waals surface area contributed by atoms with E-state index < -0.39 is 22.0 Å². The second-order valence-corrected chi connectivity index (χ2v) is 7.20. The molecule has 1 aliphatic carbocycles. The van der Waals surface area contributed by atoms with E-state index in [1.165, 1.54) is 5.56 Å². The maximum Gasteiger partial charge on any atom is 0.304 e. The van der Waals surface area contributed by atoms with E-state index >= 15 is 0 Å². The highest BCUT2D eigenvalue weighted by Crippen LogP contribution is 2.25. The van der Waals surface area contributed by atoms with Gasteiger partial charge in [0.2, 0.25) is 10.0 Å². The predicted octanol–water partition coefficient (Wildman–Crippen LogP) is 2.10. The number of sulfonamides is 1. The lowest BCUT2D eigenvalue weighted by atomic mass is 10.1. The summed E-state index contributed by atoms with van der Waals surface area (Å²) in [5, 5.41) is 8.87. The first-order chi connectivity index (χ1) is 9.92. The van der Waals surface area contributed by atoms with Gasteiger partial charge in [0, 0.05) is 6.04 Å². The van der Waals surface area contributed by atoms with E-state index in [1.54, 1.807) is 12.1 Å². The summed E-state index contributed by atoms with van der Waals surface area (Å²) >= 11 is 0. The third-order valence-electron chi connectivity index (χ3n) is 3.76. The first-order valence-corrected chi connectivity index (χ1v) is 8.76. The Morgan fingerprint density at radius 2 is 2.05 bits per heavy atom. The van der Waals surface area contributed by atoms with E-state index in [0.717, 1.165) is 31.2 Å². The van der Waals surface area contributed by atoms with Crippen LogP contribution in [-0.2, 0) is 27.7 Å². The van der Waals surface area contributed by atoms with Crippen LogP contribution in [-0.4, -0.2) is 25.5 Å². The number of aryl methyl sites for hydroxylation is 2. The van der Waals surface area contributed by atoms with Crippen LogP contribution in [0.2, 0.25) is 0 Å². The molecule has 1 aromatic carbocycles. The van der Waals surface area contributed by atoms with E-state index in [9.17, 15) is 13.2 Å². The monoisotopic (exact) mass is 311 g/mol. The second kappa shape index (κ2) is 6.58. The van der Waals surface area contributed by atoms with Crippen LogP contribution in [0.4, 0.5) is 0 Å². The third kappa shape index (κ3) is 4.04. The van der Waals surface area contributed by atoms with Gasteiger partial charge in [0.1, 0.15) is 0 Å². The van der Waals surface area contributed by atoms with Crippen molar-refractivity contribution in [2.75, 3.05) is 0 Å². The average Bonchev–Trinajstić information content (AvgIpc) is 2.84. The van der Waals surface area contributed by atoms with Crippen LogP contribution in [0.15, 0.2) is 23.1 Å². The lowest BCUT2D eigenvalue weighted by Gasteiger charge is -2.16. The molecule has 6 heteroatoms. The topological polar surface area (TPSA) is 83.5 Å². The van der Waals surface area contributed by atoms with Crippen molar-refractivity contribution in [2.45, 2.75) is 56.4 Å². The van der Waals surface area contributed by atoms with E-state index in [1.807, 2.05) is 13.0 Å². The van der Waals surface area contributed by atoms with Gasteiger partial charge in [-0.2, -0.15) is 0 Å². The predicted molar refractivity (Wildman–Crippen MR) is 79.7 cm³/mol. The summed E-state index contributed by atoms with van der Waals surface area (Å²) in [7, 11) is -3.66. The third-order valence-corrected chi connectivity index (χ3v) is 5.28. The molecule has 0 aliphatic heterocycles. The normalized spacial score (nSPS) is 15.7. The zero-order chi connectivity index (χ0) is 15.5. The first-order valence-electron chi connectivity index (χ1n) is 7.28. The molecule has 0 fully saturated rings. The van der Waals surface area contributed by atoms with Crippen molar-refractivity contribution >= 4 is 16.0 Å². The van der Waals surface area contributed by atoms with Crippen molar-refractivity contribution in [3.63, 3.8) is 0 Å². The van der Waals surface area contributed by atoms with Gasteiger partial charge in [-0.15, -0.1) is 0 Å². The average molecular weight is 311 g/mol. The van der Waals surface area contributed by atoms with Crippen molar-refractivity contribution in [3.8, 4) is 0 Å². The number of hydrogen-bond donors (Lipinski definition) is 2. The molecular formula is C15H21NO4S. The van der Waals surface area contributed by atoms with Gasteiger partial charge in [-0.05, 0) is 48.9 Å².